The normalized spacial score (nSPS) is 19.2. The summed E-state index contributed by atoms with van der Waals surface area (Å²) in [5.41, 5.74) is 3.32. The molecule has 0 fully saturated rings. The summed E-state index contributed by atoms with van der Waals surface area (Å²) < 4.78 is 22.7. The van der Waals surface area contributed by atoms with Crippen molar-refractivity contribution in [1.29, 1.82) is 0 Å². The minimum absolute atomic E-state index is 0.0101. The van der Waals surface area contributed by atoms with Crippen molar-refractivity contribution in [2.45, 2.75) is 63.1 Å². The van der Waals surface area contributed by atoms with Gasteiger partial charge in [0.25, 0.3) is 0 Å². The van der Waals surface area contributed by atoms with Crippen LogP contribution in [0.3, 0.4) is 0 Å². The van der Waals surface area contributed by atoms with Gasteiger partial charge in [-0.05, 0) is 53.6 Å². The molecule has 56 heavy (non-hydrogen) atoms. The Hall–Kier alpha value is -5.98. The molecule has 5 unspecified atom stereocenters. The van der Waals surface area contributed by atoms with Crippen LogP contribution in [0.1, 0.15) is 47.6 Å². The van der Waals surface area contributed by atoms with Crippen LogP contribution >= 0.6 is 0 Å². The lowest BCUT2D eigenvalue weighted by Gasteiger charge is -2.31. The molecule has 0 spiro atoms. The zero-order chi connectivity index (χ0) is 39.5. The molecule has 0 saturated heterocycles. The van der Waals surface area contributed by atoms with E-state index < -0.39 is 54.0 Å². The number of aliphatic hydroxyl groups excluding tert-OH is 1. The van der Waals surface area contributed by atoms with Gasteiger partial charge in [-0.2, -0.15) is 0 Å². The molecular weight excluding hydrogens is 714 g/mol. The number of cyclic esters (lactones) is 1. The number of nitrogens with one attached hydrogen (secondary N) is 3. The average Bonchev–Trinajstić information content (AvgIpc) is 3.22. The van der Waals surface area contributed by atoms with E-state index in [1.807, 2.05) is 91.0 Å². The Kier molecular flexibility index (Phi) is 16.0. The fourth-order valence-electron chi connectivity index (χ4n) is 6.23. The number of carbonyl (C=O) groups excluding carboxylic acids is 4. The molecule has 5 rings (SSSR count). The zero-order valence-electron chi connectivity index (χ0n) is 31.4. The topological polar surface area (TPSA) is 162 Å². The molecular formula is C44H49N3O9. The number of hydrogen-bond donors (Lipinski definition) is 4. The third-order valence-corrected chi connectivity index (χ3v) is 9.20. The van der Waals surface area contributed by atoms with E-state index in [-0.39, 0.29) is 39.1 Å². The highest BCUT2D eigenvalue weighted by Crippen LogP contribution is 2.25. The monoisotopic (exact) mass is 763 g/mol. The quantitative estimate of drug-likeness (QED) is 0.0924. The fraction of sp³-hybridized carbons (Fsp3) is 0.318. The van der Waals surface area contributed by atoms with Gasteiger partial charge in [0.05, 0.1) is 31.2 Å². The Morgan fingerprint density at radius 2 is 1.45 bits per heavy atom. The van der Waals surface area contributed by atoms with Gasteiger partial charge in [-0.25, -0.2) is 9.59 Å². The standard InChI is InChI=1S/C44H49N3O9/c1-53-30-39-41(34-17-9-4-10-18-34)56-43(51)38(47-44(52)55-29-33-15-7-3-8-16-33)20-12-11-19-35(42(50)46-39)26-40(49)45-36(27-48)25-31-21-23-37(24-22-31)54-28-32-13-5-2-6-14-32/h2-18,21-24,35-36,38-39,41,48H,19-20,25-30H2,1H3,(H,45,49)(H,46,50)(H,47,52). The van der Waals surface area contributed by atoms with Gasteiger partial charge in [0.1, 0.15) is 31.1 Å². The SMILES string of the molecule is COCC1NC(=O)C(CC(=O)NC(CO)Cc2ccc(OCc3ccccc3)cc2)CC=CCC(NC(=O)OCc2ccccc2)C(=O)OC1c1ccccc1. The zero-order valence-corrected chi connectivity index (χ0v) is 31.4. The van der Waals surface area contributed by atoms with Gasteiger partial charge in [-0.15, -0.1) is 0 Å². The molecule has 12 heteroatoms. The van der Waals surface area contributed by atoms with E-state index in [0.717, 1.165) is 16.7 Å². The lowest BCUT2D eigenvalue weighted by atomic mass is 9.96. The molecule has 4 aromatic carbocycles. The van der Waals surface area contributed by atoms with Gasteiger partial charge in [-0.3, -0.25) is 9.59 Å². The predicted molar refractivity (Wildman–Crippen MR) is 209 cm³/mol. The molecule has 0 saturated carbocycles. The summed E-state index contributed by atoms with van der Waals surface area (Å²) in [6.07, 6.45) is 1.95. The van der Waals surface area contributed by atoms with Crippen LogP contribution in [0, 0.1) is 5.92 Å². The summed E-state index contributed by atoms with van der Waals surface area (Å²) in [7, 11) is 1.47. The van der Waals surface area contributed by atoms with E-state index in [1.165, 1.54) is 7.11 Å². The Morgan fingerprint density at radius 3 is 2.09 bits per heavy atom. The summed E-state index contributed by atoms with van der Waals surface area (Å²) in [5.74, 6) is -1.70. The second-order valence-corrected chi connectivity index (χ2v) is 13.5. The average molecular weight is 764 g/mol. The van der Waals surface area contributed by atoms with Gasteiger partial charge in [-0.1, -0.05) is 115 Å². The number of amides is 3. The minimum Gasteiger partial charge on any atom is -0.489 e. The highest BCUT2D eigenvalue weighted by Gasteiger charge is 2.34. The van der Waals surface area contributed by atoms with E-state index in [0.29, 0.717) is 24.3 Å². The van der Waals surface area contributed by atoms with Gasteiger partial charge < -0.3 is 40.0 Å². The molecule has 4 N–H and O–H groups in total. The van der Waals surface area contributed by atoms with Crippen LogP contribution in [0.5, 0.6) is 5.75 Å². The van der Waals surface area contributed by atoms with Crippen molar-refractivity contribution in [2.75, 3.05) is 20.3 Å². The van der Waals surface area contributed by atoms with Crippen LogP contribution in [-0.4, -0.2) is 67.4 Å². The van der Waals surface area contributed by atoms with Crippen molar-refractivity contribution >= 4 is 23.9 Å². The molecule has 294 valence electrons. The molecule has 4 aromatic rings. The van der Waals surface area contributed by atoms with Crippen molar-refractivity contribution < 1.29 is 43.2 Å². The van der Waals surface area contributed by atoms with E-state index in [1.54, 1.807) is 36.4 Å². The van der Waals surface area contributed by atoms with Crippen LogP contribution in [0.4, 0.5) is 4.79 Å². The lowest BCUT2D eigenvalue weighted by Crippen LogP contribution is -2.49. The van der Waals surface area contributed by atoms with Gasteiger partial charge in [0.15, 0.2) is 0 Å². The van der Waals surface area contributed by atoms with Crippen LogP contribution in [0.15, 0.2) is 127 Å². The smallest absolute Gasteiger partial charge is 0.408 e. The van der Waals surface area contributed by atoms with E-state index >= 15 is 0 Å². The third-order valence-electron chi connectivity index (χ3n) is 9.20. The van der Waals surface area contributed by atoms with Crippen molar-refractivity contribution in [2.24, 2.45) is 5.92 Å². The number of alkyl carbamates (subject to hydrolysis) is 1. The predicted octanol–water partition coefficient (Wildman–Crippen LogP) is 5.35. The molecule has 3 amide bonds. The molecule has 1 aliphatic heterocycles. The van der Waals surface area contributed by atoms with Gasteiger partial charge >= 0.3 is 12.1 Å². The van der Waals surface area contributed by atoms with Crippen LogP contribution < -0.4 is 20.7 Å². The first-order valence-corrected chi connectivity index (χ1v) is 18.6. The highest BCUT2D eigenvalue weighted by molar-refractivity contribution is 5.86. The fourth-order valence-corrected chi connectivity index (χ4v) is 6.23. The second kappa shape index (κ2) is 21.8. The number of rotatable bonds is 15. The molecule has 5 atom stereocenters. The minimum atomic E-state index is -1.12. The van der Waals surface area contributed by atoms with E-state index in [2.05, 4.69) is 16.0 Å². The number of ether oxygens (including phenoxy) is 4. The highest BCUT2D eigenvalue weighted by atomic mass is 16.6. The summed E-state index contributed by atoms with van der Waals surface area (Å²) in [4.78, 5) is 53.8. The second-order valence-electron chi connectivity index (χ2n) is 13.5. The molecule has 12 nitrogen and oxygen atoms in total. The molecule has 1 aliphatic rings. The Bertz CT molecular complexity index is 1860. The number of allylic oxidation sites excluding steroid dienone is 1. The molecule has 1 heterocycles. The van der Waals surface area contributed by atoms with Gasteiger partial charge in [0.2, 0.25) is 11.8 Å². The lowest BCUT2D eigenvalue weighted by molar-refractivity contribution is -0.155. The Labute approximate surface area is 327 Å². The van der Waals surface area contributed by atoms with Crippen molar-refractivity contribution in [1.82, 2.24) is 16.0 Å². The molecule has 0 radical (unpaired) electrons. The summed E-state index contributed by atoms with van der Waals surface area (Å²) in [5, 5.41) is 18.6. The number of benzene rings is 4. The van der Waals surface area contributed by atoms with Crippen molar-refractivity contribution in [3.63, 3.8) is 0 Å². The summed E-state index contributed by atoms with van der Waals surface area (Å²) in [6.45, 7) is 0.116. The summed E-state index contributed by atoms with van der Waals surface area (Å²) >= 11 is 0. The maximum Gasteiger partial charge on any atom is 0.408 e. The maximum atomic E-state index is 13.9. The van der Waals surface area contributed by atoms with Gasteiger partial charge in [0, 0.05) is 13.5 Å². The van der Waals surface area contributed by atoms with Crippen LogP contribution in [0.2, 0.25) is 0 Å². The molecule has 0 aromatic heterocycles. The summed E-state index contributed by atoms with van der Waals surface area (Å²) in [6, 6.07) is 32.8. The molecule has 0 aliphatic carbocycles. The third kappa shape index (κ3) is 13.1. The first kappa shape index (κ1) is 41.2. The Morgan fingerprint density at radius 1 is 0.821 bits per heavy atom. The number of methoxy groups -OCH3 is 1. The van der Waals surface area contributed by atoms with Crippen molar-refractivity contribution in [3.05, 3.63) is 150 Å². The number of aliphatic hydroxyl groups is 1. The number of esters is 1. The Balaban J connectivity index is 1.26. The van der Waals surface area contributed by atoms with E-state index in [4.69, 9.17) is 18.9 Å². The maximum absolute atomic E-state index is 13.9. The first-order chi connectivity index (χ1) is 27.3. The van der Waals surface area contributed by atoms with Crippen molar-refractivity contribution in [3.8, 4) is 5.75 Å². The number of carbonyl (C=O) groups is 4. The van der Waals surface area contributed by atoms with Crippen LogP contribution in [-0.2, 0) is 48.2 Å². The first-order valence-electron chi connectivity index (χ1n) is 18.6. The molecule has 0 bridgehead atoms. The largest absolute Gasteiger partial charge is 0.489 e. The van der Waals surface area contributed by atoms with Crippen LogP contribution in [0.25, 0.3) is 0 Å². The number of hydrogen-bond acceptors (Lipinski definition) is 9. The van der Waals surface area contributed by atoms with E-state index in [9.17, 15) is 24.3 Å².